The average Bonchev–Trinajstić information content (AvgIpc) is 2.43. The van der Waals surface area contributed by atoms with Gasteiger partial charge in [-0.2, -0.15) is 0 Å². The molecule has 0 aliphatic heterocycles. The Bertz CT molecular complexity index is 383. The summed E-state index contributed by atoms with van der Waals surface area (Å²) < 4.78 is 5.39. The number of nitrogens with two attached hydrogens (primary N) is 1. The predicted molar refractivity (Wildman–Crippen MR) is 84.0 cm³/mol. The van der Waals surface area contributed by atoms with Gasteiger partial charge in [0, 0.05) is 13.2 Å². The van der Waals surface area contributed by atoms with Crippen molar-refractivity contribution in [3.63, 3.8) is 0 Å². The van der Waals surface area contributed by atoms with Crippen molar-refractivity contribution in [2.24, 2.45) is 5.73 Å². The van der Waals surface area contributed by atoms with Gasteiger partial charge in [-0.25, -0.2) is 0 Å². The molecular weight excluding hydrogens is 276 g/mol. The molecule has 1 aromatic carbocycles. The van der Waals surface area contributed by atoms with Crippen LogP contribution in [0.1, 0.15) is 32.3 Å². The first-order valence-corrected chi connectivity index (χ1v) is 6.79. The molecule has 0 aliphatic carbocycles. The van der Waals surface area contributed by atoms with Crippen LogP contribution < -0.4 is 11.1 Å². The molecule has 0 heterocycles. The van der Waals surface area contributed by atoms with E-state index in [0.717, 1.165) is 25.0 Å². The van der Waals surface area contributed by atoms with Crippen LogP contribution in [0.4, 0.5) is 0 Å². The number of amides is 1. The van der Waals surface area contributed by atoms with Crippen LogP contribution in [-0.4, -0.2) is 25.7 Å². The SMILES string of the molecule is CCCCOCCNC(=O)C(C)(N)c1ccccc1.Cl. The smallest absolute Gasteiger partial charge is 0.244 e. The molecule has 1 unspecified atom stereocenters. The van der Waals surface area contributed by atoms with E-state index in [0.29, 0.717) is 13.2 Å². The first-order valence-electron chi connectivity index (χ1n) is 6.79. The van der Waals surface area contributed by atoms with Crippen molar-refractivity contribution < 1.29 is 9.53 Å². The van der Waals surface area contributed by atoms with Gasteiger partial charge in [0.15, 0.2) is 0 Å². The summed E-state index contributed by atoms with van der Waals surface area (Å²) >= 11 is 0. The first-order chi connectivity index (χ1) is 9.09. The van der Waals surface area contributed by atoms with E-state index < -0.39 is 5.54 Å². The molecule has 20 heavy (non-hydrogen) atoms. The molecular formula is C15H25ClN2O2. The van der Waals surface area contributed by atoms with Crippen LogP contribution in [0.25, 0.3) is 0 Å². The highest BCUT2D eigenvalue weighted by Crippen LogP contribution is 2.16. The second-order valence-electron chi connectivity index (χ2n) is 4.79. The molecule has 1 atom stereocenters. The van der Waals surface area contributed by atoms with E-state index in [4.69, 9.17) is 10.5 Å². The first kappa shape index (κ1) is 18.9. The number of unbranched alkanes of at least 4 members (excludes halogenated alkanes) is 1. The predicted octanol–water partition coefficient (Wildman–Crippen LogP) is 2.22. The average molecular weight is 301 g/mol. The third-order valence-electron chi connectivity index (χ3n) is 3.02. The fraction of sp³-hybridized carbons (Fsp3) is 0.533. The van der Waals surface area contributed by atoms with Crippen LogP contribution in [0.15, 0.2) is 30.3 Å². The third kappa shape index (κ3) is 5.90. The molecule has 0 fully saturated rings. The number of hydrogen-bond donors (Lipinski definition) is 2. The van der Waals surface area contributed by atoms with Gasteiger partial charge >= 0.3 is 0 Å². The zero-order valence-corrected chi connectivity index (χ0v) is 13.0. The second-order valence-corrected chi connectivity index (χ2v) is 4.79. The molecule has 0 saturated heterocycles. The Balaban J connectivity index is 0.00000361. The summed E-state index contributed by atoms with van der Waals surface area (Å²) in [6.07, 6.45) is 2.16. The van der Waals surface area contributed by atoms with Crippen molar-refractivity contribution in [2.75, 3.05) is 19.8 Å². The monoisotopic (exact) mass is 300 g/mol. The van der Waals surface area contributed by atoms with E-state index in [9.17, 15) is 4.79 Å². The van der Waals surface area contributed by atoms with Crippen LogP contribution in [-0.2, 0) is 15.1 Å². The number of halogens is 1. The Labute approximate surface area is 127 Å². The molecule has 0 spiro atoms. The van der Waals surface area contributed by atoms with Gasteiger partial charge in [0.2, 0.25) is 5.91 Å². The van der Waals surface area contributed by atoms with Crippen molar-refractivity contribution in [3.05, 3.63) is 35.9 Å². The fourth-order valence-electron chi connectivity index (χ4n) is 1.68. The highest BCUT2D eigenvalue weighted by atomic mass is 35.5. The number of rotatable bonds is 8. The summed E-state index contributed by atoms with van der Waals surface area (Å²) in [5, 5.41) is 2.81. The van der Waals surface area contributed by atoms with Crippen LogP contribution in [0.2, 0.25) is 0 Å². The maximum atomic E-state index is 12.1. The van der Waals surface area contributed by atoms with E-state index in [1.807, 2.05) is 30.3 Å². The lowest BCUT2D eigenvalue weighted by molar-refractivity contribution is -0.126. The molecule has 0 aliphatic rings. The van der Waals surface area contributed by atoms with E-state index in [-0.39, 0.29) is 18.3 Å². The number of benzene rings is 1. The normalized spacial score (nSPS) is 13.2. The highest BCUT2D eigenvalue weighted by molar-refractivity contribution is 5.86. The molecule has 114 valence electrons. The zero-order valence-electron chi connectivity index (χ0n) is 12.2. The Morgan fingerprint density at radius 1 is 1.30 bits per heavy atom. The van der Waals surface area contributed by atoms with Gasteiger partial charge < -0.3 is 15.8 Å². The molecule has 5 heteroatoms. The van der Waals surface area contributed by atoms with E-state index in [2.05, 4.69) is 12.2 Å². The Kier molecular flexibility index (Phi) is 9.21. The van der Waals surface area contributed by atoms with Crippen LogP contribution in [0, 0.1) is 0 Å². The van der Waals surface area contributed by atoms with Crippen molar-refractivity contribution in [3.8, 4) is 0 Å². The third-order valence-corrected chi connectivity index (χ3v) is 3.02. The maximum absolute atomic E-state index is 12.1. The summed E-state index contributed by atoms with van der Waals surface area (Å²) in [6, 6.07) is 9.37. The van der Waals surface area contributed by atoms with Crippen LogP contribution in [0.3, 0.4) is 0 Å². The van der Waals surface area contributed by atoms with E-state index >= 15 is 0 Å². The summed E-state index contributed by atoms with van der Waals surface area (Å²) in [4.78, 5) is 12.1. The van der Waals surface area contributed by atoms with Gasteiger partial charge in [-0.15, -0.1) is 12.4 Å². The number of ether oxygens (including phenoxy) is 1. The topological polar surface area (TPSA) is 64.3 Å². The van der Waals surface area contributed by atoms with Gasteiger partial charge in [-0.1, -0.05) is 43.7 Å². The lowest BCUT2D eigenvalue weighted by Gasteiger charge is -2.24. The Morgan fingerprint density at radius 2 is 1.95 bits per heavy atom. The summed E-state index contributed by atoms with van der Waals surface area (Å²) in [5.41, 5.74) is 5.89. The molecule has 0 saturated carbocycles. The quantitative estimate of drug-likeness (QED) is 0.724. The fourth-order valence-corrected chi connectivity index (χ4v) is 1.68. The number of hydrogen-bond acceptors (Lipinski definition) is 3. The van der Waals surface area contributed by atoms with Gasteiger partial charge in [0.05, 0.1) is 6.61 Å². The Hall–Kier alpha value is -1.10. The molecule has 4 nitrogen and oxygen atoms in total. The summed E-state index contributed by atoms with van der Waals surface area (Å²) in [6.45, 7) is 5.59. The molecule has 1 aromatic rings. The van der Waals surface area contributed by atoms with Gasteiger partial charge in [-0.05, 0) is 18.9 Å². The molecule has 0 aromatic heterocycles. The van der Waals surface area contributed by atoms with Gasteiger partial charge in [0.25, 0.3) is 0 Å². The molecule has 1 rings (SSSR count). The minimum absolute atomic E-state index is 0. The largest absolute Gasteiger partial charge is 0.380 e. The maximum Gasteiger partial charge on any atom is 0.244 e. The van der Waals surface area contributed by atoms with Crippen LogP contribution in [0.5, 0.6) is 0 Å². The van der Waals surface area contributed by atoms with Crippen LogP contribution >= 0.6 is 12.4 Å². The number of carbonyl (C=O) groups is 1. The molecule has 0 radical (unpaired) electrons. The van der Waals surface area contributed by atoms with Gasteiger partial charge in [-0.3, -0.25) is 4.79 Å². The second kappa shape index (κ2) is 9.75. The lowest BCUT2D eigenvalue weighted by Crippen LogP contribution is -2.49. The summed E-state index contributed by atoms with van der Waals surface area (Å²) in [5.74, 6) is -0.183. The zero-order chi connectivity index (χ0) is 14.1. The molecule has 0 bridgehead atoms. The lowest BCUT2D eigenvalue weighted by atomic mass is 9.92. The number of nitrogens with one attached hydrogen (secondary N) is 1. The molecule has 3 N–H and O–H groups in total. The highest BCUT2D eigenvalue weighted by Gasteiger charge is 2.29. The van der Waals surface area contributed by atoms with Crippen molar-refractivity contribution in [2.45, 2.75) is 32.2 Å². The standard InChI is InChI=1S/C15H24N2O2.ClH/c1-3-4-11-19-12-10-17-14(18)15(2,16)13-8-6-5-7-9-13;/h5-9H,3-4,10-12,16H2,1-2H3,(H,17,18);1H. The van der Waals surface area contributed by atoms with E-state index in [1.165, 1.54) is 0 Å². The van der Waals surface area contributed by atoms with Crippen molar-refractivity contribution in [1.29, 1.82) is 0 Å². The minimum Gasteiger partial charge on any atom is -0.380 e. The van der Waals surface area contributed by atoms with Crippen molar-refractivity contribution in [1.82, 2.24) is 5.32 Å². The Morgan fingerprint density at radius 3 is 2.55 bits per heavy atom. The van der Waals surface area contributed by atoms with Gasteiger partial charge in [0.1, 0.15) is 5.54 Å². The van der Waals surface area contributed by atoms with Crippen molar-refractivity contribution >= 4 is 18.3 Å². The minimum atomic E-state index is -1.01. The molecule has 1 amide bonds. The summed E-state index contributed by atoms with van der Waals surface area (Å²) in [7, 11) is 0. The van der Waals surface area contributed by atoms with E-state index in [1.54, 1.807) is 6.92 Å². The number of carbonyl (C=O) groups excluding carboxylic acids is 1.